The van der Waals surface area contributed by atoms with Gasteiger partial charge in [0.05, 0.1) is 0 Å². The zero-order chi connectivity index (χ0) is 15.3. The average molecular weight is 375 g/mol. The number of hydrogen-bond acceptors (Lipinski definition) is 3. The predicted octanol–water partition coefficient (Wildman–Crippen LogP) is 5.81. The largest absolute Gasteiger partial charge is 0.271 e. The van der Waals surface area contributed by atoms with Crippen molar-refractivity contribution in [3.05, 3.63) is 20.8 Å². The Kier molecular flexibility index (Phi) is 11.5. The van der Waals surface area contributed by atoms with Gasteiger partial charge in [0, 0.05) is 15.4 Å². The number of hydrogen-bond donors (Lipinski definition) is 2. The van der Waals surface area contributed by atoms with Crippen molar-refractivity contribution in [3.63, 3.8) is 0 Å². The van der Waals surface area contributed by atoms with Crippen LogP contribution in [0.4, 0.5) is 0 Å². The van der Waals surface area contributed by atoms with Crippen LogP contribution in [0.2, 0.25) is 0 Å². The van der Waals surface area contributed by atoms with Crippen LogP contribution >= 0.6 is 27.3 Å². The second-order valence-electron chi connectivity index (χ2n) is 5.88. The second kappa shape index (κ2) is 12.6. The van der Waals surface area contributed by atoms with Gasteiger partial charge in [0.25, 0.3) is 0 Å². The summed E-state index contributed by atoms with van der Waals surface area (Å²) in [5, 5.41) is 2.13. The third-order valence-electron chi connectivity index (χ3n) is 4.01. The number of nitrogens with one attached hydrogen (secondary N) is 1. The zero-order valence-electron chi connectivity index (χ0n) is 13.4. The van der Waals surface area contributed by atoms with Crippen molar-refractivity contribution in [3.8, 4) is 0 Å². The Morgan fingerprint density at radius 2 is 1.71 bits per heavy atom. The van der Waals surface area contributed by atoms with Crippen LogP contribution < -0.4 is 11.3 Å². The van der Waals surface area contributed by atoms with Gasteiger partial charge in [-0.3, -0.25) is 11.3 Å². The zero-order valence-corrected chi connectivity index (χ0v) is 15.8. The summed E-state index contributed by atoms with van der Waals surface area (Å²) in [7, 11) is 0. The molecule has 0 saturated carbocycles. The van der Waals surface area contributed by atoms with Gasteiger partial charge < -0.3 is 0 Å². The first-order valence-corrected chi connectivity index (χ1v) is 10.1. The fraction of sp³-hybridized carbons (Fsp3) is 0.765. The Bertz CT molecular complexity index is 354. The van der Waals surface area contributed by atoms with Crippen molar-refractivity contribution in [2.75, 3.05) is 0 Å². The third-order valence-corrected chi connectivity index (χ3v) is 5.96. The number of nitrogens with two attached hydrogens (primary N) is 1. The standard InChI is InChI=1S/C17H31BrN2S/c1-2-3-4-5-6-7-8-9-10-11-15(20-19)14-17-16(18)12-13-21-17/h12-13,15,20H,2-11,14,19H2,1H3. The monoisotopic (exact) mass is 374 g/mol. The van der Waals surface area contributed by atoms with E-state index in [0.29, 0.717) is 6.04 Å². The molecule has 0 amide bonds. The highest BCUT2D eigenvalue weighted by atomic mass is 79.9. The van der Waals surface area contributed by atoms with Gasteiger partial charge in [0.15, 0.2) is 0 Å². The fourth-order valence-electron chi connectivity index (χ4n) is 2.64. The highest BCUT2D eigenvalue weighted by Gasteiger charge is 2.10. The van der Waals surface area contributed by atoms with Crippen molar-refractivity contribution >= 4 is 27.3 Å². The van der Waals surface area contributed by atoms with E-state index in [1.807, 2.05) is 11.3 Å². The van der Waals surface area contributed by atoms with E-state index in [2.05, 4.69) is 39.7 Å². The van der Waals surface area contributed by atoms with Gasteiger partial charge in [0.1, 0.15) is 0 Å². The topological polar surface area (TPSA) is 38.0 Å². The molecule has 1 heterocycles. The summed E-state index contributed by atoms with van der Waals surface area (Å²) >= 11 is 5.40. The van der Waals surface area contributed by atoms with Gasteiger partial charge in [-0.2, -0.15) is 0 Å². The molecule has 0 aliphatic rings. The molecule has 1 unspecified atom stereocenters. The molecule has 0 aromatic carbocycles. The second-order valence-corrected chi connectivity index (χ2v) is 7.73. The molecule has 3 N–H and O–H groups in total. The minimum Gasteiger partial charge on any atom is -0.271 e. The van der Waals surface area contributed by atoms with E-state index < -0.39 is 0 Å². The van der Waals surface area contributed by atoms with E-state index in [0.717, 1.165) is 6.42 Å². The normalized spacial score (nSPS) is 12.7. The quantitative estimate of drug-likeness (QED) is 0.260. The lowest BCUT2D eigenvalue weighted by Gasteiger charge is -2.15. The Balaban J connectivity index is 2.01. The minimum atomic E-state index is 0.407. The number of halogens is 1. The molecule has 0 spiro atoms. The molecule has 0 aliphatic carbocycles. The van der Waals surface area contributed by atoms with Gasteiger partial charge in [-0.05, 0) is 40.2 Å². The van der Waals surface area contributed by atoms with Crippen LogP contribution in [0.15, 0.2) is 15.9 Å². The van der Waals surface area contributed by atoms with E-state index >= 15 is 0 Å². The molecule has 1 atom stereocenters. The molecule has 0 saturated heterocycles. The molecule has 1 rings (SSSR count). The van der Waals surface area contributed by atoms with E-state index in [1.165, 1.54) is 73.6 Å². The summed E-state index contributed by atoms with van der Waals surface area (Å²) in [6.07, 6.45) is 14.6. The number of hydrazine groups is 1. The van der Waals surface area contributed by atoms with Crippen LogP contribution in [0.1, 0.15) is 76.0 Å². The first-order valence-electron chi connectivity index (χ1n) is 8.46. The van der Waals surface area contributed by atoms with Crippen LogP contribution in [0.3, 0.4) is 0 Å². The summed E-state index contributed by atoms with van der Waals surface area (Å²) in [5.41, 5.74) is 2.98. The summed E-state index contributed by atoms with van der Waals surface area (Å²) in [6.45, 7) is 2.27. The van der Waals surface area contributed by atoms with Crippen molar-refractivity contribution < 1.29 is 0 Å². The molecule has 4 heteroatoms. The van der Waals surface area contributed by atoms with Crippen molar-refractivity contribution in [2.24, 2.45) is 5.84 Å². The lowest BCUT2D eigenvalue weighted by molar-refractivity contribution is 0.459. The molecule has 21 heavy (non-hydrogen) atoms. The molecule has 1 aromatic rings. The Morgan fingerprint density at radius 1 is 1.10 bits per heavy atom. The van der Waals surface area contributed by atoms with Crippen LogP contribution in [0, 0.1) is 0 Å². The average Bonchev–Trinajstić information content (AvgIpc) is 2.89. The predicted molar refractivity (Wildman–Crippen MR) is 98.7 cm³/mol. The minimum absolute atomic E-state index is 0.407. The van der Waals surface area contributed by atoms with Crippen LogP contribution in [-0.4, -0.2) is 6.04 Å². The molecular formula is C17H31BrN2S. The maximum absolute atomic E-state index is 5.69. The van der Waals surface area contributed by atoms with Gasteiger partial charge >= 0.3 is 0 Å². The smallest absolute Gasteiger partial charge is 0.0314 e. The van der Waals surface area contributed by atoms with E-state index in [-0.39, 0.29) is 0 Å². The highest BCUT2D eigenvalue weighted by molar-refractivity contribution is 9.10. The maximum atomic E-state index is 5.69. The lowest BCUT2D eigenvalue weighted by Crippen LogP contribution is -2.36. The molecule has 0 fully saturated rings. The first kappa shape index (κ1) is 19.1. The van der Waals surface area contributed by atoms with E-state index in [4.69, 9.17) is 5.84 Å². The molecule has 0 aliphatic heterocycles. The Morgan fingerprint density at radius 3 is 2.24 bits per heavy atom. The highest BCUT2D eigenvalue weighted by Crippen LogP contribution is 2.25. The van der Waals surface area contributed by atoms with Crippen molar-refractivity contribution in [1.29, 1.82) is 0 Å². The third kappa shape index (κ3) is 8.97. The molecule has 122 valence electrons. The fourth-order valence-corrected chi connectivity index (χ4v) is 4.24. The number of unbranched alkanes of at least 4 members (excludes halogenated alkanes) is 8. The van der Waals surface area contributed by atoms with Crippen LogP contribution in [0.5, 0.6) is 0 Å². The molecule has 0 radical (unpaired) electrons. The summed E-state index contributed by atoms with van der Waals surface area (Å²) in [4.78, 5) is 1.40. The van der Waals surface area contributed by atoms with Crippen LogP contribution in [-0.2, 0) is 6.42 Å². The first-order chi connectivity index (χ1) is 10.3. The molecular weight excluding hydrogens is 344 g/mol. The lowest BCUT2D eigenvalue weighted by atomic mass is 10.0. The van der Waals surface area contributed by atoms with Crippen molar-refractivity contribution in [2.45, 2.75) is 83.6 Å². The van der Waals surface area contributed by atoms with Gasteiger partial charge in [-0.25, -0.2) is 0 Å². The SMILES string of the molecule is CCCCCCCCCCCC(Cc1sccc1Br)NN. The van der Waals surface area contributed by atoms with Gasteiger partial charge in [-0.15, -0.1) is 11.3 Å². The number of rotatable bonds is 13. The molecule has 1 aromatic heterocycles. The Labute approximate surface area is 143 Å². The molecule has 2 nitrogen and oxygen atoms in total. The van der Waals surface area contributed by atoms with E-state index in [1.54, 1.807) is 0 Å². The van der Waals surface area contributed by atoms with E-state index in [9.17, 15) is 0 Å². The summed E-state index contributed by atoms with van der Waals surface area (Å²) in [6, 6.07) is 2.52. The van der Waals surface area contributed by atoms with Crippen LogP contribution in [0.25, 0.3) is 0 Å². The van der Waals surface area contributed by atoms with Gasteiger partial charge in [-0.1, -0.05) is 64.7 Å². The van der Waals surface area contributed by atoms with Gasteiger partial charge in [0.2, 0.25) is 0 Å². The molecule has 0 bridgehead atoms. The maximum Gasteiger partial charge on any atom is 0.0314 e. The summed E-state index contributed by atoms with van der Waals surface area (Å²) < 4.78 is 1.22. The Hall–Kier alpha value is 0.1000. The summed E-state index contributed by atoms with van der Waals surface area (Å²) in [5.74, 6) is 5.69. The number of thiophene rings is 1. The van der Waals surface area contributed by atoms with Crippen molar-refractivity contribution in [1.82, 2.24) is 5.43 Å².